The van der Waals surface area contributed by atoms with Gasteiger partial charge in [0.05, 0.1) is 11.1 Å². The molecule has 7 heteroatoms. The van der Waals surface area contributed by atoms with Crippen molar-refractivity contribution in [1.82, 2.24) is 10.0 Å². The van der Waals surface area contributed by atoms with E-state index in [1.54, 1.807) is 54.7 Å². The molecule has 0 radical (unpaired) electrons. The summed E-state index contributed by atoms with van der Waals surface area (Å²) in [7, 11) is 0. The zero-order valence-corrected chi connectivity index (χ0v) is 20.7. The van der Waals surface area contributed by atoms with Crippen molar-refractivity contribution in [1.29, 1.82) is 0 Å². The Labute approximate surface area is 210 Å². The average molecular weight is 489 g/mol. The Balaban J connectivity index is 1.53. The topological polar surface area (TPSA) is 93.0 Å². The summed E-state index contributed by atoms with van der Waals surface area (Å²) in [6.07, 6.45) is -0.0375. The fraction of sp³-hybridized carbons (Fsp3) is 0.276. The first-order valence-electron chi connectivity index (χ1n) is 11.9. The van der Waals surface area contributed by atoms with Crippen LogP contribution in [-0.4, -0.2) is 45.7 Å². The molecule has 0 aliphatic rings. The van der Waals surface area contributed by atoms with Crippen LogP contribution in [0, 0.1) is 0 Å². The molecule has 36 heavy (non-hydrogen) atoms. The van der Waals surface area contributed by atoms with Crippen LogP contribution in [0.1, 0.15) is 48.4 Å². The number of para-hydroxylation sites is 1. The Hall–Kier alpha value is -3.65. The van der Waals surface area contributed by atoms with Gasteiger partial charge in [0.15, 0.2) is 0 Å². The minimum atomic E-state index is -0.990. The molecule has 3 aromatic carbocycles. The summed E-state index contributed by atoms with van der Waals surface area (Å²) in [6, 6.07) is 23.3. The van der Waals surface area contributed by atoms with E-state index in [1.165, 1.54) is 4.73 Å². The lowest BCUT2D eigenvalue weighted by Gasteiger charge is -2.23. The number of rotatable bonds is 9. The molecule has 0 spiro atoms. The second-order valence-electron chi connectivity index (χ2n) is 9.70. The zero-order chi connectivity index (χ0) is 25.7. The number of nitrogens with zero attached hydrogens (tertiary/aromatic N) is 1. The molecule has 0 fully saturated rings. The Morgan fingerprint density at radius 3 is 2.36 bits per heavy atom. The third-order valence-electron chi connectivity index (χ3n) is 5.73. The number of aliphatic hydroxyl groups excluding tert-OH is 2. The van der Waals surface area contributed by atoms with Gasteiger partial charge in [-0.15, -0.1) is 0 Å². The van der Waals surface area contributed by atoms with Crippen LogP contribution in [0.2, 0.25) is 0 Å². The zero-order valence-electron chi connectivity index (χ0n) is 20.7. The molecular formula is C29H32N2O5. The van der Waals surface area contributed by atoms with Crippen molar-refractivity contribution in [3.8, 4) is 5.75 Å². The van der Waals surface area contributed by atoms with Gasteiger partial charge in [-0.25, -0.2) is 4.79 Å². The van der Waals surface area contributed by atoms with E-state index in [9.17, 15) is 15.0 Å². The highest BCUT2D eigenvalue weighted by Gasteiger charge is 2.21. The van der Waals surface area contributed by atoms with Gasteiger partial charge in [0.2, 0.25) is 0 Å². The number of aliphatic hydroxyl groups is 2. The first-order valence-corrected chi connectivity index (χ1v) is 11.9. The number of carbonyl (C=O) groups is 1. The monoisotopic (exact) mass is 488 g/mol. The maximum atomic E-state index is 12.5. The molecule has 0 saturated carbocycles. The molecule has 3 N–H and O–H groups in total. The number of nitrogens with one attached hydrogen (secondary N) is 1. The molecule has 7 nitrogen and oxygen atoms in total. The van der Waals surface area contributed by atoms with Crippen LogP contribution in [0.4, 0.5) is 0 Å². The van der Waals surface area contributed by atoms with Crippen molar-refractivity contribution in [2.24, 2.45) is 0 Å². The van der Waals surface area contributed by atoms with E-state index in [2.05, 4.69) is 5.32 Å². The van der Waals surface area contributed by atoms with Gasteiger partial charge in [0.1, 0.15) is 24.6 Å². The van der Waals surface area contributed by atoms with Crippen molar-refractivity contribution in [2.75, 3.05) is 13.2 Å². The lowest BCUT2D eigenvalue weighted by molar-refractivity contribution is 0.0483. The molecule has 1 aromatic heterocycles. The van der Waals surface area contributed by atoms with Crippen LogP contribution >= 0.6 is 0 Å². The van der Waals surface area contributed by atoms with E-state index in [0.717, 1.165) is 5.39 Å². The molecule has 4 aromatic rings. The largest absolute Gasteiger partial charge is 0.490 e. The van der Waals surface area contributed by atoms with Gasteiger partial charge in [0.25, 0.3) is 0 Å². The molecule has 0 amide bonds. The first kappa shape index (κ1) is 25.4. The molecule has 2 atom stereocenters. The minimum absolute atomic E-state index is 0.0861. The molecular weight excluding hydrogens is 456 g/mol. The Bertz CT molecular complexity index is 1310. The number of ether oxygens (including phenoxy) is 1. The number of hydrogen-bond acceptors (Lipinski definition) is 6. The lowest BCUT2D eigenvalue weighted by Crippen LogP contribution is -2.42. The molecule has 1 heterocycles. The first-order chi connectivity index (χ1) is 17.2. The predicted molar refractivity (Wildman–Crippen MR) is 139 cm³/mol. The van der Waals surface area contributed by atoms with Crippen LogP contribution in [-0.2, 0) is 0 Å². The number of benzene rings is 3. The van der Waals surface area contributed by atoms with Crippen molar-refractivity contribution in [3.63, 3.8) is 0 Å². The smallest absolute Gasteiger partial charge is 0.363 e. The minimum Gasteiger partial charge on any atom is -0.490 e. The van der Waals surface area contributed by atoms with Gasteiger partial charge in [-0.05, 0) is 56.7 Å². The fourth-order valence-electron chi connectivity index (χ4n) is 3.88. The fourth-order valence-corrected chi connectivity index (χ4v) is 3.88. The Morgan fingerprint density at radius 1 is 0.917 bits per heavy atom. The predicted octanol–water partition coefficient (Wildman–Crippen LogP) is 4.12. The maximum absolute atomic E-state index is 12.5. The van der Waals surface area contributed by atoms with Crippen LogP contribution < -0.4 is 14.9 Å². The number of aromatic nitrogens is 1. The number of carbonyl (C=O) groups excluding carboxylic acids is 1. The molecule has 188 valence electrons. The van der Waals surface area contributed by atoms with E-state index >= 15 is 0 Å². The van der Waals surface area contributed by atoms with E-state index < -0.39 is 18.2 Å². The van der Waals surface area contributed by atoms with Crippen LogP contribution in [0.25, 0.3) is 10.9 Å². The highest BCUT2D eigenvalue weighted by atomic mass is 16.7. The van der Waals surface area contributed by atoms with Crippen molar-refractivity contribution in [3.05, 3.63) is 102 Å². The number of fused-ring (bicyclic) bond motifs is 1. The highest BCUT2D eigenvalue weighted by Crippen LogP contribution is 2.34. The summed E-state index contributed by atoms with van der Waals surface area (Å²) < 4.78 is 7.31. The quantitative estimate of drug-likeness (QED) is 0.328. The highest BCUT2D eigenvalue weighted by molar-refractivity contribution is 5.91. The molecule has 0 bridgehead atoms. The SMILES string of the molecule is CC(C)(C)NCC(O)COc1ccccc1C(O)c1cccc2c1ccn2OC(=O)c1ccccc1. The Kier molecular flexibility index (Phi) is 7.74. The van der Waals surface area contributed by atoms with E-state index in [4.69, 9.17) is 9.57 Å². The lowest BCUT2D eigenvalue weighted by atomic mass is 9.98. The summed E-state index contributed by atoms with van der Waals surface area (Å²) in [5, 5.41) is 25.7. The van der Waals surface area contributed by atoms with Crippen molar-refractivity contribution < 1.29 is 24.6 Å². The summed E-state index contributed by atoms with van der Waals surface area (Å²) in [5.74, 6) is 0.0176. The van der Waals surface area contributed by atoms with Crippen LogP contribution in [0.5, 0.6) is 5.75 Å². The molecule has 4 rings (SSSR count). The third-order valence-corrected chi connectivity index (χ3v) is 5.73. The third kappa shape index (κ3) is 6.12. The summed E-state index contributed by atoms with van der Waals surface area (Å²) in [5.41, 5.74) is 2.21. The number of hydrogen-bond donors (Lipinski definition) is 3. The van der Waals surface area contributed by atoms with Gasteiger partial charge >= 0.3 is 5.97 Å². The van der Waals surface area contributed by atoms with Crippen LogP contribution in [0.3, 0.4) is 0 Å². The second-order valence-corrected chi connectivity index (χ2v) is 9.70. The van der Waals surface area contributed by atoms with Gasteiger partial charge in [0, 0.05) is 29.2 Å². The summed E-state index contributed by atoms with van der Waals surface area (Å²) >= 11 is 0. The standard InChI is InChI=1S/C29H32N2O5/c1-29(2,3)30-18-21(32)19-35-26-15-8-7-12-24(26)27(33)23-13-9-14-25-22(23)16-17-31(25)36-28(34)20-10-5-4-6-11-20/h4-17,21,27,30,32-33H,18-19H2,1-3H3. The van der Waals surface area contributed by atoms with Gasteiger partial charge in [-0.2, -0.15) is 4.73 Å². The molecule has 0 aliphatic carbocycles. The van der Waals surface area contributed by atoms with E-state index in [0.29, 0.717) is 34.5 Å². The molecule has 2 unspecified atom stereocenters. The molecule has 0 saturated heterocycles. The number of β-amino-alcohol motifs (C(OH)–C–C–N with tert-alkyl or cyclic N) is 1. The van der Waals surface area contributed by atoms with Crippen LogP contribution in [0.15, 0.2) is 85.1 Å². The van der Waals surface area contributed by atoms with Crippen molar-refractivity contribution in [2.45, 2.75) is 38.5 Å². The van der Waals surface area contributed by atoms with Gasteiger partial charge in [-0.1, -0.05) is 48.5 Å². The van der Waals surface area contributed by atoms with Crippen molar-refractivity contribution >= 4 is 16.9 Å². The maximum Gasteiger partial charge on any atom is 0.363 e. The summed E-state index contributed by atoms with van der Waals surface area (Å²) in [6.45, 7) is 6.57. The average Bonchev–Trinajstić information content (AvgIpc) is 3.29. The molecule has 0 aliphatic heterocycles. The van der Waals surface area contributed by atoms with E-state index in [1.807, 2.05) is 51.1 Å². The summed E-state index contributed by atoms with van der Waals surface area (Å²) in [4.78, 5) is 18.1. The van der Waals surface area contributed by atoms with E-state index in [-0.39, 0.29) is 12.1 Å². The normalized spacial score (nSPS) is 13.4. The van der Waals surface area contributed by atoms with Gasteiger partial charge < -0.3 is 25.1 Å². The second kappa shape index (κ2) is 11.0. The Morgan fingerprint density at radius 2 is 1.61 bits per heavy atom. The van der Waals surface area contributed by atoms with Gasteiger partial charge in [-0.3, -0.25) is 0 Å².